The number of piperidine rings is 1. The van der Waals surface area contributed by atoms with Crippen LogP contribution in [-0.2, 0) is 11.3 Å². The van der Waals surface area contributed by atoms with Gasteiger partial charge >= 0.3 is 0 Å². The number of aromatic nitrogens is 4. The van der Waals surface area contributed by atoms with Gasteiger partial charge in [-0.25, -0.2) is 9.97 Å². The van der Waals surface area contributed by atoms with E-state index in [4.69, 9.17) is 4.74 Å². The molecule has 1 unspecified atom stereocenters. The molecule has 2 aromatic rings. The molecule has 4 rings (SSSR count). The van der Waals surface area contributed by atoms with Gasteiger partial charge in [0.2, 0.25) is 11.8 Å². The Kier molecular flexibility index (Phi) is 5.97. The number of nitrogens with zero attached hydrogens (tertiary/aromatic N) is 6. The Morgan fingerprint density at radius 3 is 2.72 bits per heavy atom. The highest BCUT2D eigenvalue weighted by Crippen LogP contribution is 2.23. The van der Waals surface area contributed by atoms with Gasteiger partial charge in [0, 0.05) is 50.8 Å². The van der Waals surface area contributed by atoms with Crippen molar-refractivity contribution in [2.24, 2.45) is 0 Å². The Morgan fingerprint density at radius 1 is 1.14 bits per heavy atom. The number of likely N-dealkylation sites (tertiary alicyclic amines) is 1. The van der Waals surface area contributed by atoms with Crippen molar-refractivity contribution in [1.82, 2.24) is 24.6 Å². The van der Waals surface area contributed by atoms with Crippen molar-refractivity contribution < 1.29 is 9.53 Å². The summed E-state index contributed by atoms with van der Waals surface area (Å²) in [6.07, 6.45) is 6.55. The third-order valence-electron chi connectivity index (χ3n) is 5.73. The zero-order valence-corrected chi connectivity index (χ0v) is 17.4. The summed E-state index contributed by atoms with van der Waals surface area (Å²) in [4.78, 5) is 25.5. The first-order chi connectivity index (χ1) is 14.1. The normalized spacial score (nSPS) is 19.6. The summed E-state index contributed by atoms with van der Waals surface area (Å²) in [5.74, 6) is 1.69. The molecule has 8 heteroatoms. The third-order valence-corrected chi connectivity index (χ3v) is 5.73. The van der Waals surface area contributed by atoms with Gasteiger partial charge in [-0.15, -0.1) is 0 Å². The van der Waals surface area contributed by atoms with Crippen molar-refractivity contribution in [3.8, 4) is 5.88 Å². The molecule has 0 bridgehead atoms. The number of ether oxygens (including phenoxy) is 1. The third kappa shape index (κ3) is 4.86. The van der Waals surface area contributed by atoms with Crippen LogP contribution in [0.3, 0.4) is 0 Å². The highest BCUT2D eigenvalue weighted by atomic mass is 16.5. The first-order valence-electron chi connectivity index (χ1n) is 10.6. The number of anilines is 1. The smallest absolute Gasteiger partial charge is 0.224 e. The van der Waals surface area contributed by atoms with E-state index in [0.717, 1.165) is 43.3 Å². The summed E-state index contributed by atoms with van der Waals surface area (Å²) in [5.41, 5.74) is 2.07. The molecule has 8 nitrogen and oxygen atoms in total. The van der Waals surface area contributed by atoms with Crippen molar-refractivity contribution in [2.75, 3.05) is 31.1 Å². The van der Waals surface area contributed by atoms with Gasteiger partial charge in [-0.2, -0.15) is 5.10 Å². The number of amides is 1. The largest absolute Gasteiger partial charge is 0.472 e. The average molecular weight is 399 g/mol. The molecule has 2 aliphatic heterocycles. The zero-order chi connectivity index (χ0) is 20.2. The van der Waals surface area contributed by atoms with E-state index in [-0.39, 0.29) is 12.0 Å². The topological polar surface area (TPSA) is 76.4 Å². The molecule has 4 heterocycles. The number of hydrogen-bond acceptors (Lipinski definition) is 6. The first-order valence-corrected chi connectivity index (χ1v) is 10.6. The van der Waals surface area contributed by atoms with Crippen molar-refractivity contribution in [3.05, 3.63) is 29.8 Å². The fraction of sp³-hybridized carbons (Fsp3) is 0.619. The highest BCUT2D eigenvalue weighted by molar-refractivity contribution is 5.76. The van der Waals surface area contributed by atoms with Crippen LogP contribution in [0.25, 0.3) is 0 Å². The number of rotatable bonds is 6. The van der Waals surface area contributed by atoms with Crippen LogP contribution in [0.2, 0.25) is 0 Å². The van der Waals surface area contributed by atoms with E-state index >= 15 is 0 Å². The molecular weight excluding hydrogens is 368 g/mol. The molecule has 1 atom stereocenters. The second kappa shape index (κ2) is 8.80. The maximum atomic E-state index is 12.6. The molecule has 29 heavy (non-hydrogen) atoms. The van der Waals surface area contributed by atoms with E-state index < -0.39 is 0 Å². The zero-order valence-electron chi connectivity index (χ0n) is 17.4. The summed E-state index contributed by atoms with van der Waals surface area (Å²) in [6, 6.07) is 3.96. The standard InChI is InChI=1S/C21H30N6O2/c1-16-12-17(2)27(24-16)11-7-21(28)26-10-6-18(14-26)29-20-13-19(22-15-23-20)25-8-4-3-5-9-25/h12-13,15,18H,3-11,14H2,1-2H3. The van der Waals surface area contributed by atoms with Crippen LogP contribution in [0, 0.1) is 13.8 Å². The molecule has 0 aromatic carbocycles. The van der Waals surface area contributed by atoms with Crippen LogP contribution in [0.4, 0.5) is 5.82 Å². The maximum Gasteiger partial charge on any atom is 0.224 e. The molecule has 2 fully saturated rings. The summed E-state index contributed by atoms with van der Waals surface area (Å²) in [6.45, 7) is 8.02. The summed E-state index contributed by atoms with van der Waals surface area (Å²) < 4.78 is 7.99. The molecule has 0 saturated carbocycles. The van der Waals surface area contributed by atoms with Gasteiger partial charge in [0.05, 0.1) is 12.2 Å². The monoisotopic (exact) mass is 398 g/mol. The van der Waals surface area contributed by atoms with Gasteiger partial charge in [0.25, 0.3) is 0 Å². The lowest BCUT2D eigenvalue weighted by molar-refractivity contribution is -0.130. The van der Waals surface area contributed by atoms with Gasteiger partial charge < -0.3 is 14.5 Å². The fourth-order valence-electron chi connectivity index (χ4n) is 4.17. The lowest BCUT2D eigenvalue weighted by atomic mass is 10.1. The van der Waals surface area contributed by atoms with E-state index in [9.17, 15) is 4.79 Å². The number of hydrogen-bond donors (Lipinski definition) is 0. The lowest BCUT2D eigenvalue weighted by Crippen LogP contribution is -2.32. The molecule has 2 saturated heterocycles. The predicted octanol–water partition coefficient (Wildman–Crippen LogP) is 2.35. The molecule has 0 aliphatic carbocycles. The van der Waals surface area contributed by atoms with Crippen molar-refractivity contribution in [3.63, 3.8) is 0 Å². The highest BCUT2D eigenvalue weighted by Gasteiger charge is 2.28. The van der Waals surface area contributed by atoms with Crippen LogP contribution >= 0.6 is 0 Å². The Morgan fingerprint density at radius 2 is 1.97 bits per heavy atom. The molecule has 0 N–H and O–H groups in total. The number of carbonyl (C=O) groups is 1. The van der Waals surface area contributed by atoms with Gasteiger partial charge in [0.1, 0.15) is 18.2 Å². The minimum absolute atomic E-state index is 0.0169. The average Bonchev–Trinajstić information content (AvgIpc) is 3.33. The van der Waals surface area contributed by atoms with Crippen molar-refractivity contribution in [2.45, 2.75) is 58.6 Å². The van der Waals surface area contributed by atoms with Gasteiger partial charge in [-0.1, -0.05) is 0 Å². The van der Waals surface area contributed by atoms with Crippen LogP contribution < -0.4 is 9.64 Å². The quantitative estimate of drug-likeness (QED) is 0.743. The maximum absolute atomic E-state index is 12.6. The minimum Gasteiger partial charge on any atom is -0.472 e. The van der Waals surface area contributed by atoms with Crippen LogP contribution in [0.5, 0.6) is 5.88 Å². The summed E-state index contributed by atoms with van der Waals surface area (Å²) in [5, 5.41) is 4.43. The van der Waals surface area contributed by atoms with Crippen LogP contribution in [0.1, 0.15) is 43.5 Å². The van der Waals surface area contributed by atoms with Gasteiger partial charge in [0.15, 0.2) is 0 Å². The number of carbonyl (C=O) groups excluding carboxylic acids is 1. The van der Waals surface area contributed by atoms with E-state index in [1.807, 2.05) is 35.6 Å². The SMILES string of the molecule is Cc1cc(C)n(CCC(=O)N2CCC(Oc3cc(N4CCCCC4)ncn3)C2)n1. The Bertz CT molecular complexity index is 845. The molecule has 156 valence electrons. The van der Waals surface area contributed by atoms with Crippen LogP contribution in [-0.4, -0.2) is 62.8 Å². The van der Waals surface area contributed by atoms with E-state index in [2.05, 4.69) is 20.0 Å². The van der Waals surface area contributed by atoms with Crippen LogP contribution in [0.15, 0.2) is 18.5 Å². The van der Waals surface area contributed by atoms with Gasteiger partial charge in [-0.3, -0.25) is 9.48 Å². The first kappa shape index (κ1) is 19.7. The van der Waals surface area contributed by atoms with Crippen molar-refractivity contribution in [1.29, 1.82) is 0 Å². The molecule has 0 spiro atoms. The van der Waals surface area contributed by atoms with Crippen molar-refractivity contribution >= 4 is 11.7 Å². The number of aryl methyl sites for hydroxylation is 3. The molecule has 2 aliphatic rings. The second-order valence-corrected chi connectivity index (χ2v) is 8.03. The second-order valence-electron chi connectivity index (χ2n) is 8.03. The van der Waals surface area contributed by atoms with E-state index in [1.54, 1.807) is 6.33 Å². The summed E-state index contributed by atoms with van der Waals surface area (Å²) in [7, 11) is 0. The molecular formula is C21H30N6O2. The predicted molar refractivity (Wildman–Crippen MR) is 110 cm³/mol. The molecule has 1 amide bonds. The fourth-order valence-corrected chi connectivity index (χ4v) is 4.17. The Labute approximate surface area is 171 Å². The Hall–Kier alpha value is -2.64. The minimum atomic E-state index is -0.0169. The Balaban J connectivity index is 1.28. The summed E-state index contributed by atoms with van der Waals surface area (Å²) >= 11 is 0. The molecule has 2 aromatic heterocycles. The van der Waals surface area contributed by atoms with E-state index in [1.165, 1.54) is 19.3 Å². The van der Waals surface area contributed by atoms with Gasteiger partial charge in [-0.05, 0) is 39.2 Å². The lowest BCUT2D eigenvalue weighted by Gasteiger charge is -2.27. The van der Waals surface area contributed by atoms with E-state index in [0.29, 0.717) is 25.4 Å². The molecule has 0 radical (unpaired) electrons.